The normalized spacial score (nSPS) is 15.0. The van der Waals surface area contributed by atoms with Crippen molar-refractivity contribution >= 4 is 57.8 Å². The van der Waals surface area contributed by atoms with Crippen molar-refractivity contribution in [1.29, 1.82) is 0 Å². The van der Waals surface area contributed by atoms with Crippen LogP contribution in [0.3, 0.4) is 0 Å². The summed E-state index contributed by atoms with van der Waals surface area (Å²) < 4.78 is 13.3. The number of carbonyl (C=O) groups excluding carboxylic acids is 2. The Balaban J connectivity index is 1.64. The SMILES string of the molecule is O=C(CCN1C(=O)/C(=C\c2ccc(F)cc2)SC1=S)Nc1ccc(O)cc1C(=O)O. The van der Waals surface area contributed by atoms with Gasteiger partial charge in [-0.3, -0.25) is 14.5 Å². The first kappa shape index (κ1) is 21.5. The maximum Gasteiger partial charge on any atom is 0.337 e. The number of halogens is 1. The largest absolute Gasteiger partial charge is 0.508 e. The van der Waals surface area contributed by atoms with E-state index in [1.54, 1.807) is 6.08 Å². The third-order valence-electron chi connectivity index (χ3n) is 4.11. The number of hydrogen-bond acceptors (Lipinski definition) is 6. The second kappa shape index (κ2) is 9.06. The summed E-state index contributed by atoms with van der Waals surface area (Å²) in [6.45, 7) is 0.0117. The number of anilines is 1. The van der Waals surface area contributed by atoms with Crippen molar-refractivity contribution in [2.75, 3.05) is 11.9 Å². The summed E-state index contributed by atoms with van der Waals surface area (Å²) >= 11 is 6.30. The number of carboxylic acids is 1. The molecule has 30 heavy (non-hydrogen) atoms. The number of thioether (sulfide) groups is 1. The van der Waals surface area contributed by atoms with Crippen LogP contribution >= 0.6 is 24.0 Å². The minimum Gasteiger partial charge on any atom is -0.508 e. The molecule has 1 heterocycles. The van der Waals surface area contributed by atoms with Gasteiger partial charge in [-0.25, -0.2) is 9.18 Å². The molecule has 0 aromatic heterocycles. The number of nitrogens with zero attached hydrogens (tertiary/aromatic N) is 1. The van der Waals surface area contributed by atoms with E-state index >= 15 is 0 Å². The van der Waals surface area contributed by atoms with Crippen molar-refractivity contribution < 1.29 is 29.0 Å². The first-order valence-electron chi connectivity index (χ1n) is 8.61. The Morgan fingerprint density at radius 2 is 1.90 bits per heavy atom. The summed E-state index contributed by atoms with van der Waals surface area (Å²) in [4.78, 5) is 37.7. The van der Waals surface area contributed by atoms with E-state index in [2.05, 4.69) is 5.32 Å². The second-order valence-corrected chi connectivity index (χ2v) is 7.89. The molecule has 154 valence electrons. The Morgan fingerprint density at radius 1 is 1.20 bits per heavy atom. The number of carboxylic acid groups (broad SMARTS) is 1. The predicted molar refractivity (Wildman–Crippen MR) is 115 cm³/mol. The molecule has 0 spiro atoms. The summed E-state index contributed by atoms with van der Waals surface area (Å²) in [6, 6.07) is 9.20. The maximum atomic E-state index is 13.0. The number of hydrogen-bond donors (Lipinski definition) is 3. The number of phenols is 1. The maximum absolute atomic E-state index is 13.0. The molecule has 2 aromatic carbocycles. The van der Waals surface area contributed by atoms with Crippen LogP contribution in [0, 0.1) is 5.82 Å². The predicted octanol–water partition coefficient (Wildman–Crippen LogP) is 3.46. The van der Waals surface area contributed by atoms with Gasteiger partial charge in [0.05, 0.1) is 16.2 Å². The summed E-state index contributed by atoms with van der Waals surface area (Å²) in [5, 5.41) is 21.0. The fourth-order valence-electron chi connectivity index (χ4n) is 2.65. The highest BCUT2D eigenvalue weighted by Crippen LogP contribution is 2.32. The number of carbonyl (C=O) groups is 3. The van der Waals surface area contributed by atoms with Crippen LogP contribution in [0.15, 0.2) is 47.4 Å². The molecule has 0 bridgehead atoms. The monoisotopic (exact) mass is 446 g/mol. The molecule has 1 aliphatic rings. The molecule has 3 rings (SSSR count). The summed E-state index contributed by atoms with van der Waals surface area (Å²) in [5.74, 6) is -2.80. The van der Waals surface area contributed by atoms with E-state index in [9.17, 15) is 29.0 Å². The number of phenolic OH excluding ortho intramolecular Hbond substituents is 1. The lowest BCUT2D eigenvalue weighted by atomic mass is 10.1. The number of benzene rings is 2. The highest BCUT2D eigenvalue weighted by atomic mass is 32.2. The number of aromatic hydroxyl groups is 1. The molecule has 0 unspecified atom stereocenters. The fourth-order valence-corrected chi connectivity index (χ4v) is 3.96. The van der Waals surface area contributed by atoms with E-state index < -0.39 is 11.9 Å². The van der Waals surface area contributed by atoms with Crippen LogP contribution in [-0.4, -0.2) is 43.8 Å². The van der Waals surface area contributed by atoms with Crippen molar-refractivity contribution in [3.05, 3.63) is 64.3 Å². The smallest absolute Gasteiger partial charge is 0.337 e. The highest BCUT2D eigenvalue weighted by Gasteiger charge is 2.32. The van der Waals surface area contributed by atoms with E-state index in [1.165, 1.54) is 41.3 Å². The van der Waals surface area contributed by atoms with Gasteiger partial charge in [-0.2, -0.15) is 0 Å². The molecule has 0 saturated carbocycles. The second-order valence-electron chi connectivity index (χ2n) is 6.22. The van der Waals surface area contributed by atoms with E-state index in [0.29, 0.717) is 10.5 Å². The topological polar surface area (TPSA) is 107 Å². The third kappa shape index (κ3) is 5.02. The molecule has 3 N–H and O–H groups in total. The lowest BCUT2D eigenvalue weighted by molar-refractivity contribution is -0.122. The number of nitrogens with one attached hydrogen (secondary N) is 1. The molecule has 0 aliphatic carbocycles. The van der Waals surface area contributed by atoms with Gasteiger partial charge < -0.3 is 15.5 Å². The summed E-state index contributed by atoms with van der Waals surface area (Å²) in [6.07, 6.45) is 1.48. The summed E-state index contributed by atoms with van der Waals surface area (Å²) in [7, 11) is 0. The standard InChI is InChI=1S/C20H15FN2O5S2/c21-12-3-1-11(2-4-12)9-16-18(26)23(20(29)30-16)8-7-17(25)22-15-6-5-13(24)10-14(15)19(27)28/h1-6,9-10,24H,7-8H2,(H,22,25)(H,27,28)/b16-9+. The average molecular weight is 446 g/mol. The molecule has 0 radical (unpaired) electrons. The quantitative estimate of drug-likeness (QED) is 0.354. The lowest BCUT2D eigenvalue weighted by Gasteiger charge is -2.14. The summed E-state index contributed by atoms with van der Waals surface area (Å²) in [5.41, 5.74) is 0.422. The van der Waals surface area contributed by atoms with Crippen molar-refractivity contribution in [3.63, 3.8) is 0 Å². The fraction of sp³-hybridized carbons (Fsp3) is 0.100. The van der Waals surface area contributed by atoms with Gasteiger partial charge in [0.25, 0.3) is 5.91 Å². The van der Waals surface area contributed by atoms with E-state index in [0.717, 1.165) is 17.8 Å². The zero-order chi connectivity index (χ0) is 21.8. The van der Waals surface area contributed by atoms with Gasteiger partial charge in [0.15, 0.2) is 0 Å². The van der Waals surface area contributed by atoms with Crippen molar-refractivity contribution in [2.24, 2.45) is 0 Å². The Hall–Kier alpha value is -3.24. The van der Waals surface area contributed by atoms with Crippen LogP contribution in [0.4, 0.5) is 10.1 Å². The van der Waals surface area contributed by atoms with Crippen LogP contribution in [-0.2, 0) is 9.59 Å². The van der Waals surface area contributed by atoms with Gasteiger partial charge in [-0.05, 0) is 42.0 Å². The van der Waals surface area contributed by atoms with Crippen LogP contribution in [0.5, 0.6) is 5.75 Å². The first-order valence-corrected chi connectivity index (χ1v) is 9.84. The van der Waals surface area contributed by atoms with Crippen LogP contribution in [0.1, 0.15) is 22.3 Å². The van der Waals surface area contributed by atoms with E-state index in [-0.39, 0.29) is 46.0 Å². The van der Waals surface area contributed by atoms with Crippen LogP contribution in [0.2, 0.25) is 0 Å². The van der Waals surface area contributed by atoms with Crippen LogP contribution < -0.4 is 5.32 Å². The molecule has 0 atom stereocenters. The first-order chi connectivity index (χ1) is 14.2. The molecule has 1 aliphatic heterocycles. The number of amides is 2. The van der Waals surface area contributed by atoms with Gasteiger partial charge in [0.1, 0.15) is 15.9 Å². The molecule has 2 aromatic rings. The molecule has 2 amide bonds. The van der Waals surface area contributed by atoms with Crippen molar-refractivity contribution in [3.8, 4) is 5.75 Å². The minimum absolute atomic E-state index is 0.0117. The Kier molecular flexibility index (Phi) is 6.48. The van der Waals surface area contributed by atoms with Gasteiger partial charge in [0.2, 0.25) is 5.91 Å². The van der Waals surface area contributed by atoms with Crippen LogP contribution in [0.25, 0.3) is 6.08 Å². The number of aromatic carboxylic acids is 1. The third-order valence-corrected chi connectivity index (χ3v) is 5.49. The average Bonchev–Trinajstić information content (AvgIpc) is 2.96. The lowest BCUT2D eigenvalue weighted by Crippen LogP contribution is -2.31. The van der Waals surface area contributed by atoms with Gasteiger partial charge in [0, 0.05) is 13.0 Å². The minimum atomic E-state index is -1.30. The molecule has 10 heteroatoms. The Morgan fingerprint density at radius 3 is 2.57 bits per heavy atom. The molecule has 1 saturated heterocycles. The van der Waals surface area contributed by atoms with Gasteiger partial charge in [-0.15, -0.1) is 0 Å². The van der Waals surface area contributed by atoms with Gasteiger partial charge in [-0.1, -0.05) is 36.1 Å². The van der Waals surface area contributed by atoms with E-state index in [1.807, 2.05) is 0 Å². The van der Waals surface area contributed by atoms with Crippen molar-refractivity contribution in [1.82, 2.24) is 4.90 Å². The molecular formula is C20H15FN2O5S2. The Bertz CT molecular complexity index is 1070. The van der Waals surface area contributed by atoms with E-state index in [4.69, 9.17) is 12.2 Å². The number of rotatable bonds is 6. The molecule has 1 fully saturated rings. The van der Waals surface area contributed by atoms with Gasteiger partial charge >= 0.3 is 5.97 Å². The zero-order valence-electron chi connectivity index (χ0n) is 15.3. The Labute approximate surface area is 180 Å². The zero-order valence-corrected chi connectivity index (χ0v) is 16.9. The number of thiocarbonyl (C=S) groups is 1. The van der Waals surface area contributed by atoms with Crippen molar-refractivity contribution in [2.45, 2.75) is 6.42 Å². The highest BCUT2D eigenvalue weighted by molar-refractivity contribution is 8.26. The molecule has 7 nitrogen and oxygen atoms in total. The molecular weight excluding hydrogens is 431 g/mol.